The van der Waals surface area contributed by atoms with Crippen molar-refractivity contribution in [1.82, 2.24) is 4.90 Å². The predicted octanol–water partition coefficient (Wildman–Crippen LogP) is 6.39. The summed E-state index contributed by atoms with van der Waals surface area (Å²) in [4.78, 5) is 58.3. The second kappa shape index (κ2) is 24.1. The van der Waals surface area contributed by atoms with E-state index in [1.165, 1.54) is 19.8 Å². The number of aryl methyl sites for hydroxylation is 1. The number of nitrogens with two attached hydrogens (primary N) is 1. The number of halogens is 1. The van der Waals surface area contributed by atoms with Gasteiger partial charge in [0.15, 0.2) is 0 Å². The summed E-state index contributed by atoms with van der Waals surface area (Å²) >= 11 is 0. The number of ketones is 2. The Morgan fingerprint density at radius 2 is 1.68 bits per heavy atom. The van der Waals surface area contributed by atoms with Gasteiger partial charge < -0.3 is 44.5 Å². The predicted molar refractivity (Wildman–Crippen MR) is 244 cm³/mol. The lowest BCUT2D eigenvalue weighted by molar-refractivity contribution is -0.302. The number of benzene rings is 1. The van der Waals surface area contributed by atoms with Crippen LogP contribution in [0.5, 0.6) is 0 Å². The number of piperidine rings is 1. The molecule has 15 atom stereocenters. The van der Waals surface area contributed by atoms with Crippen LogP contribution in [0.4, 0.5) is 4.39 Å². The number of ether oxygens (including phenoxy) is 5. The molecule has 1 amide bonds. The number of amides is 1. The summed E-state index contributed by atoms with van der Waals surface area (Å²) in [7, 11) is 2.89. The highest BCUT2D eigenvalue weighted by Gasteiger charge is 2.57. The normalized spacial score (nSPS) is 38.6. The van der Waals surface area contributed by atoms with Crippen molar-refractivity contribution < 1.29 is 57.5 Å². The number of esters is 1. The number of aliphatic hydroxyl groups is 2. The molecule has 2 bridgehead atoms. The Balaban J connectivity index is 1.47. The van der Waals surface area contributed by atoms with Crippen molar-refractivity contribution in [3.8, 4) is 0 Å². The Labute approximate surface area is 386 Å². The molecule has 14 heteroatoms. The third-order valence-electron chi connectivity index (χ3n) is 14.7. The molecule has 4 aliphatic rings. The van der Waals surface area contributed by atoms with Gasteiger partial charge in [-0.25, -0.2) is 9.18 Å². The highest BCUT2D eigenvalue weighted by molar-refractivity contribution is 6.39. The number of hydrogen-bond acceptors (Lipinski definition) is 12. The summed E-state index contributed by atoms with van der Waals surface area (Å²) < 4.78 is 46.8. The molecular weight excluding hydrogens is 836 g/mol. The van der Waals surface area contributed by atoms with Gasteiger partial charge in [0.05, 0.1) is 24.4 Å². The van der Waals surface area contributed by atoms with Crippen LogP contribution in [0, 0.1) is 29.6 Å². The quantitative estimate of drug-likeness (QED) is 0.102. The molecule has 1 aliphatic carbocycles. The number of rotatable bonds is 10. The molecule has 1 aromatic carbocycles. The van der Waals surface area contributed by atoms with Crippen LogP contribution in [0.25, 0.3) is 0 Å². The van der Waals surface area contributed by atoms with Crippen molar-refractivity contribution in [1.29, 1.82) is 0 Å². The third kappa shape index (κ3) is 13.0. The number of hydrogen-bond donors (Lipinski definition) is 3. The van der Waals surface area contributed by atoms with Crippen LogP contribution in [0.15, 0.2) is 53.6 Å². The van der Waals surface area contributed by atoms with E-state index < -0.39 is 89.9 Å². The molecule has 364 valence electrons. The Hall–Kier alpha value is -3.37. The first-order chi connectivity index (χ1) is 30.9. The molecule has 13 nitrogen and oxygen atoms in total. The van der Waals surface area contributed by atoms with Crippen LogP contribution < -0.4 is 5.73 Å². The molecule has 4 N–H and O–H groups in total. The monoisotopic (exact) mass is 913 g/mol. The second-order valence-corrected chi connectivity index (χ2v) is 19.4. The van der Waals surface area contributed by atoms with Crippen molar-refractivity contribution in [2.45, 2.75) is 179 Å². The molecule has 3 fully saturated rings. The largest absolute Gasteiger partial charge is 0.456 e. The van der Waals surface area contributed by atoms with E-state index in [2.05, 4.69) is 12.1 Å². The SMILES string of the molecule is CCC1/C=C(\C)C(F)C(C)CC(OC)C2OC(O)(C(=O)C(=O)N3CCCCC3C(=O)OC(C(C)=CC3CCC(N)C(OCCCc4ccccc4)C3)C(C)C(O)CC1=O)C(C)CC2OC. The zero-order chi connectivity index (χ0) is 47.6. The van der Waals surface area contributed by atoms with Gasteiger partial charge in [0.25, 0.3) is 11.7 Å². The fourth-order valence-electron chi connectivity index (χ4n) is 10.4. The summed E-state index contributed by atoms with van der Waals surface area (Å²) in [6.07, 6.45) is 2.57. The molecule has 1 saturated carbocycles. The number of aliphatic hydroxyl groups excluding tert-OH is 1. The van der Waals surface area contributed by atoms with Gasteiger partial charge >= 0.3 is 5.97 Å². The van der Waals surface area contributed by atoms with Gasteiger partial charge in [-0.15, -0.1) is 0 Å². The maximum absolute atomic E-state index is 16.3. The smallest absolute Gasteiger partial charge is 0.329 e. The van der Waals surface area contributed by atoms with Crippen molar-refractivity contribution in [2.24, 2.45) is 35.3 Å². The number of cyclic esters (lactones) is 1. The number of nitrogens with zero attached hydrogens (tertiary/aromatic N) is 1. The summed E-state index contributed by atoms with van der Waals surface area (Å²) in [5.41, 5.74) is 8.81. The standard InChI is InChI=1S/C51H77FN2O11/c1-9-37-25-30(2)45(52)31(3)26-43(61-7)47-44(62-8)27-33(5)51(60,65-47)48(57)49(58)54-22-14-13-19-39(54)50(59)64-46(34(6)40(55)29-41(37)56)32(4)24-36-20-21-38(53)42(28-36)63-23-15-18-35-16-11-10-12-17-35/h10-12,16-17,24-25,31,33-34,36-40,42-47,55,60H,9,13-15,18-23,26-29,53H2,1-8H3/b30-25+,32-24?. The molecule has 5 rings (SSSR count). The van der Waals surface area contributed by atoms with Gasteiger partial charge in [0.1, 0.15) is 30.2 Å². The highest BCUT2D eigenvalue weighted by Crippen LogP contribution is 2.39. The Bertz CT molecular complexity index is 1810. The van der Waals surface area contributed by atoms with Crippen LogP contribution in [0.3, 0.4) is 0 Å². The fraction of sp³-hybridized carbons (Fsp3) is 0.725. The van der Waals surface area contributed by atoms with Crippen molar-refractivity contribution in [3.63, 3.8) is 0 Å². The highest BCUT2D eigenvalue weighted by atomic mass is 19.1. The van der Waals surface area contributed by atoms with Gasteiger partial charge in [-0.3, -0.25) is 14.4 Å². The zero-order valence-corrected chi connectivity index (χ0v) is 40.0. The van der Waals surface area contributed by atoms with Crippen LogP contribution in [-0.2, 0) is 49.3 Å². The summed E-state index contributed by atoms with van der Waals surface area (Å²) in [6, 6.07) is 8.92. The van der Waals surface area contributed by atoms with Crippen LogP contribution in [0.2, 0.25) is 0 Å². The molecule has 1 aromatic rings. The van der Waals surface area contributed by atoms with Crippen molar-refractivity contribution >= 4 is 23.4 Å². The van der Waals surface area contributed by atoms with E-state index in [4.69, 9.17) is 29.4 Å². The van der Waals surface area contributed by atoms with Gasteiger partial charge in [0, 0.05) is 57.6 Å². The van der Waals surface area contributed by atoms with Crippen molar-refractivity contribution in [2.75, 3.05) is 27.4 Å². The van der Waals surface area contributed by atoms with E-state index in [0.29, 0.717) is 43.4 Å². The van der Waals surface area contributed by atoms with Crippen molar-refractivity contribution in [3.05, 3.63) is 59.2 Å². The summed E-state index contributed by atoms with van der Waals surface area (Å²) in [5, 5.41) is 23.9. The van der Waals surface area contributed by atoms with E-state index in [1.807, 2.05) is 38.1 Å². The lowest BCUT2D eigenvalue weighted by Gasteiger charge is -2.47. The molecule has 3 aliphatic heterocycles. The first-order valence-electron chi connectivity index (χ1n) is 24.1. The average molecular weight is 913 g/mol. The number of fused-ring (bicyclic) bond motifs is 3. The lowest BCUT2D eigenvalue weighted by Crippen LogP contribution is -2.64. The van der Waals surface area contributed by atoms with E-state index in [9.17, 15) is 29.4 Å². The Morgan fingerprint density at radius 3 is 2.35 bits per heavy atom. The van der Waals surface area contributed by atoms with Gasteiger partial charge in [-0.2, -0.15) is 0 Å². The first kappa shape index (κ1) is 52.6. The number of allylic oxidation sites excluding steroid dienone is 3. The lowest BCUT2D eigenvalue weighted by atomic mass is 9.81. The van der Waals surface area contributed by atoms with Crippen LogP contribution in [-0.4, -0.2) is 127 Å². The molecule has 0 radical (unpaired) electrons. The number of carbonyl (C=O) groups excluding carboxylic acids is 4. The summed E-state index contributed by atoms with van der Waals surface area (Å²) in [5.74, 6) is -8.99. The minimum Gasteiger partial charge on any atom is -0.456 e. The third-order valence-corrected chi connectivity index (χ3v) is 14.7. The molecule has 15 unspecified atom stereocenters. The molecule has 3 heterocycles. The van der Waals surface area contributed by atoms with Gasteiger partial charge in [0.2, 0.25) is 5.79 Å². The molecule has 2 saturated heterocycles. The zero-order valence-electron chi connectivity index (χ0n) is 40.0. The minimum atomic E-state index is -2.60. The number of carbonyl (C=O) groups is 4. The Kier molecular flexibility index (Phi) is 19.5. The molecule has 0 spiro atoms. The van der Waals surface area contributed by atoms with Gasteiger partial charge in [-0.1, -0.05) is 70.2 Å². The van der Waals surface area contributed by atoms with E-state index in [0.717, 1.165) is 30.6 Å². The molecular formula is C51H77FN2O11. The number of methoxy groups -OCH3 is 2. The number of alkyl halides is 1. The maximum Gasteiger partial charge on any atom is 0.329 e. The number of Topliss-reactive ketones (excluding diaryl/α,β-unsaturated/α-hetero) is 2. The van der Waals surface area contributed by atoms with Crippen LogP contribution >= 0.6 is 0 Å². The van der Waals surface area contributed by atoms with E-state index in [-0.39, 0.29) is 56.1 Å². The van der Waals surface area contributed by atoms with E-state index >= 15 is 4.39 Å². The van der Waals surface area contributed by atoms with Crippen LogP contribution in [0.1, 0.15) is 118 Å². The Morgan fingerprint density at radius 1 is 0.985 bits per heavy atom. The van der Waals surface area contributed by atoms with E-state index in [1.54, 1.807) is 33.8 Å². The maximum atomic E-state index is 16.3. The topological polar surface area (TPSA) is 184 Å². The first-order valence-corrected chi connectivity index (χ1v) is 24.1. The fourth-order valence-corrected chi connectivity index (χ4v) is 10.4. The molecule has 65 heavy (non-hydrogen) atoms. The summed E-state index contributed by atoms with van der Waals surface area (Å²) in [6.45, 7) is 10.9. The average Bonchev–Trinajstić information content (AvgIpc) is 3.30. The second-order valence-electron chi connectivity index (χ2n) is 19.4. The van der Waals surface area contributed by atoms with Gasteiger partial charge in [-0.05, 0) is 113 Å². The molecule has 0 aromatic heterocycles. The minimum absolute atomic E-state index is 0.0141.